The van der Waals surface area contributed by atoms with Gasteiger partial charge in [0, 0.05) is 13.2 Å². The van der Waals surface area contributed by atoms with Gasteiger partial charge in [0.1, 0.15) is 11.7 Å². The number of amides is 1. The Morgan fingerprint density at radius 1 is 1.42 bits per heavy atom. The zero-order valence-electron chi connectivity index (χ0n) is 10.3. The van der Waals surface area contributed by atoms with E-state index in [2.05, 4.69) is 4.98 Å². The van der Waals surface area contributed by atoms with Crippen LogP contribution in [0.25, 0.3) is 0 Å². The van der Waals surface area contributed by atoms with Crippen LogP contribution < -0.4 is 0 Å². The predicted octanol–water partition coefficient (Wildman–Crippen LogP) is -0.0412. The van der Waals surface area contributed by atoms with Crippen LogP contribution >= 0.6 is 0 Å². The molecule has 2 heterocycles. The molecule has 0 radical (unpaired) electrons. The quantitative estimate of drug-likeness (QED) is 0.796. The summed E-state index contributed by atoms with van der Waals surface area (Å²) < 4.78 is 5.12. The minimum absolute atomic E-state index is 0.0932. The standard InChI is InChI=1S/C12H14N2O5/c1-14(10-6-19-5-9(10)12(17)18)11(16)7-2-8(15)4-13-3-7/h2-4,9-10,15H,5-6H2,1H3,(H,17,18). The van der Waals surface area contributed by atoms with Crippen molar-refractivity contribution < 1.29 is 24.5 Å². The van der Waals surface area contributed by atoms with Gasteiger partial charge in [-0.25, -0.2) is 0 Å². The molecule has 0 saturated carbocycles. The number of carboxylic acids is 1. The minimum atomic E-state index is -0.990. The second kappa shape index (κ2) is 5.23. The molecule has 7 nitrogen and oxygen atoms in total. The number of hydrogen-bond donors (Lipinski definition) is 2. The number of likely N-dealkylation sites (N-methyl/N-ethyl adjacent to an activating group) is 1. The van der Waals surface area contributed by atoms with Gasteiger partial charge in [-0.1, -0.05) is 0 Å². The average Bonchev–Trinajstić information content (AvgIpc) is 2.86. The van der Waals surface area contributed by atoms with Crippen LogP contribution in [-0.2, 0) is 9.53 Å². The van der Waals surface area contributed by atoms with Crippen molar-refractivity contribution in [3.8, 4) is 5.75 Å². The number of aromatic hydroxyl groups is 1. The van der Waals surface area contributed by atoms with Gasteiger partial charge in [0.05, 0.1) is 31.0 Å². The van der Waals surface area contributed by atoms with E-state index in [1.54, 1.807) is 0 Å². The van der Waals surface area contributed by atoms with Gasteiger partial charge in [-0.2, -0.15) is 0 Å². The van der Waals surface area contributed by atoms with Crippen molar-refractivity contribution in [2.24, 2.45) is 5.92 Å². The van der Waals surface area contributed by atoms with Crippen LogP contribution in [0.5, 0.6) is 5.75 Å². The Kier molecular flexibility index (Phi) is 3.66. The molecule has 1 amide bonds. The van der Waals surface area contributed by atoms with Gasteiger partial charge in [0.15, 0.2) is 0 Å². The predicted molar refractivity (Wildman–Crippen MR) is 63.7 cm³/mol. The number of pyridine rings is 1. The monoisotopic (exact) mass is 266 g/mol. The molecule has 2 atom stereocenters. The Labute approximate surface area is 109 Å². The van der Waals surface area contributed by atoms with Gasteiger partial charge in [0.2, 0.25) is 0 Å². The Bertz CT molecular complexity index is 505. The van der Waals surface area contributed by atoms with E-state index in [0.717, 1.165) is 0 Å². The third kappa shape index (κ3) is 2.65. The number of carbonyl (C=O) groups excluding carboxylic acids is 1. The number of hydrogen-bond acceptors (Lipinski definition) is 5. The van der Waals surface area contributed by atoms with E-state index in [0.29, 0.717) is 0 Å². The molecule has 102 valence electrons. The number of carboxylic acid groups (broad SMARTS) is 1. The van der Waals surface area contributed by atoms with Crippen molar-refractivity contribution in [1.29, 1.82) is 0 Å². The highest BCUT2D eigenvalue weighted by molar-refractivity contribution is 5.94. The van der Waals surface area contributed by atoms with Crippen molar-refractivity contribution >= 4 is 11.9 Å². The zero-order chi connectivity index (χ0) is 14.0. The van der Waals surface area contributed by atoms with Gasteiger partial charge in [-0.05, 0) is 6.07 Å². The molecule has 1 aliphatic heterocycles. The summed E-state index contributed by atoms with van der Waals surface area (Å²) in [4.78, 5) is 28.3. The average molecular weight is 266 g/mol. The summed E-state index contributed by atoms with van der Waals surface area (Å²) in [6, 6.07) is 0.768. The number of carbonyl (C=O) groups is 2. The fourth-order valence-corrected chi connectivity index (χ4v) is 2.06. The SMILES string of the molecule is CN(C(=O)c1cncc(O)c1)C1COCC1C(=O)O. The summed E-state index contributed by atoms with van der Waals surface area (Å²) in [5.41, 5.74) is 0.207. The molecular weight excluding hydrogens is 252 g/mol. The first-order valence-electron chi connectivity index (χ1n) is 5.72. The molecule has 0 spiro atoms. The first-order chi connectivity index (χ1) is 9.00. The second-order valence-electron chi connectivity index (χ2n) is 4.40. The molecule has 2 unspecified atom stereocenters. The van der Waals surface area contributed by atoms with Gasteiger partial charge < -0.3 is 19.8 Å². The Morgan fingerprint density at radius 3 is 2.79 bits per heavy atom. The van der Waals surface area contributed by atoms with E-state index < -0.39 is 23.8 Å². The van der Waals surface area contributed by atoms with Crippen molar-refractivity contribution in [2.75, 3.05) is 20.3 Å². The number of ether oxygens (including phenoxy) is 1. The van der Waals surface area contributed by atoms with E-state index in [9.17, 15) is 14.7 Å². The van der Waals surface area contributed by atoms with Gasteiger partial charge in [-0.15, -0.1) is 0 Å². The van der Waals surface area contributed by atoms with Crippen molar-refractivity contribution in [3.05, 3.63) is 24.0 Å². The summed E-state index contributed by atoms with van der Waals surface area (Å²) in [5, 5.41) is 18.4. The molecule has 19 heavy (non-hydrogen) atoms. The highest BCUT2D eigenvalue weighted by Gasteiger charge is 2.38. The maximum absolute atomic E-state index is 12.2. The summed E-state index contributed by atoms with van der Waals surface area (Å²) >= 11 is 0. The molecule has 1 aromatic heterocycles. The lowest BCUT2D eigenvalue weighted by atomic mass is 10.0. The van der Waals surface area contributed by atoms with Crippen LogP contribution in [0, 0.1) is 5.92 Å². The van der Waals surface area contributed by atoms with Crippen LogP contribution in [0.1, 0.15) is 10.4 Å². The van der Waals surface area contributed by atoms with Crippen molar-refractivity contribution in [2.45, 2.75) is 6.04 Å². The largest absolute Gasteiger partial charge is 0.506 e. The zero-order valence-corrected chi connectivity index (χ0v) is 10.3. The molecule has 1 aliphatic rings. The number of rotatable bonds is 3. The van der Waals surface area contributed by atoms with Crippen LogP contribution in [0.2, 0.25) is 0 Å². The maximum Gasteiger partial charge on any atom is 0.311 e. The topological polar surface area (TPSA) is 100.0 Å². The molecule has 2 rings (SSSR count). The summed E-state index contributed by atoms with van der Waals surface area (Å²) in [6.45, 7) is 0.279. The minimum Gasteiger partial charge on any atom is -0.506 e. The fraction of sp³-hybridized carbons (Fsp3) is 0.417. The Morgan fingerprint density at radius 2 is 2.16 bits per heavy atom. The highest BCUT2D eigenvalue weighted by atomic mass is 16.5. The third-order valence-electron chi connectivity index (χ3n) is 3.16. The molecule has 0 aliphatic carbocycles. The van der Waals surface area contributed by atoms with E-state index in [1.807, 2.05) is 0 Å². The Hall–Kier alpha value is -2.15. The van der Waals surface area contributed by atoms with Crippen molar-refractivity contribution in [3.63, 3.8) is 0 Å². The van der Waals surface area contributed by atoms with Crippen LogP contribution in [0.15, 0.2) is 18.5 Å². The molecule has 1 aromatic rings. The number of aliphatic carboxylic acids is 1. The maximum atomic E-state index is 12.2. The van der Waals surface area contributed by atoms with E-state index in [4.69, 9.17) is 9.84 Å². The normalized spacial score (nSPS) is 22.2. The number of nitrogens with zero attached hydrogens (tertiary/aromatic N) is 2. The molecule has 7 heteroatoms. The highest BCUT2D eigenvalue weighted by Crippen LogP contribution is 2.21. The molecule has 0 aromatic carbocycles. The summed E-state index contributed by atoms with van der Waals surface area (Å²) in [6.07, 6.45) is 2.54. The first-order valence-corrected chi connectivity index (χ1v) is 5.72. The van der Waals surface area contributed by atoms with Gasteiger partial charge in [0.25, 0.3) is 5.91 Å². The van der Waals surface area contributed by atoms with Crippen LogP contribution in [0.3, 0.4) is 0 Å². The molecule has 1 saturated heterocycles. The summed E-state index contributed by atoms with van der Waals surface area (Å²) in [5.74, 6) is -2.24. The number of aromatic nitrogens is 1. The first kappa shape index (κ1) is 13.3. The van der Waals surface area contributed by atoms with Gasteiger partial charge >= 0.3 is 5.97 Å². The fourth-order valence-electron chi connectivity index (χ4n) is 2.06. The van der Waals surface area contributed by atoms with Gasteiger partial charge in [-0.3, -0.25) is 14.6 Å². The van der Waals surface area contributed by atoms with E-state index in [1.165, 1.54) is 30.4 Å². The van der Waals surface area contributed by atoms with Crippen molar-refractivity contribution in [1.82, 2.24) is 9.88 Å². The third-order valence-corrected chi connectivity index (χ3v) is 3.16. The lowest BCUT2D eigenvalue weighted by molar-refractivity contribution is -0.142. The molecule has 2 N–H and O–H groups in total. The molecule has 1 fully saturated rings. The Balaban J connectivity index is 2.17. The smallest absolute Gasteiger partial charge is 0.311 e. The van der Waals surface area contributed by atoms with E-state index in [-0.39, 0.29) is 24.5 Å². The van der Waals surface area contributed by atoms with Crippen LogP contribution in [-0.4, -0.2) is 58.3 Å². The molecule has 0 bridgehead atoms. The lowest BCUT2D eigenvalue weighted by Crippen LogP contribution is -2.44. The van der Waals surface area contributed by atoms with E-state index >= 15 is 0 Å². The molecular formula is C12H14N2O5. The van der Waals surface area contributed by atoms with Crippen LogP contribution in [0.4, 0.5) is 0 Å². The second-order valence-corrected chi connectivity index (χ2v) is 4.40. The summed E-state index contributed by atoms with van der Waals surface area (Å²) in [7, 11) is 1.52. The lowest BCUT2D eigenvalue weighted by Gasteiger charge is -2.26.